The van der Waals surface area contributed by atoms with Crippen molar-refractivity contribution in [3.8, 4) is 11.3 Å². The SMILES string of the molecule is Clc1cccc(-c2[nH]nc3c2CCN3)c1Cl. The number of nitrogens with one attached hydrogen (secondary N) is 2. The molecule has 0 amide bonds. The minimum Gasteiger partial charge on any atom is -0.368 e. The number of hydrogen-bond donors (Lipinski definition) is 2. The van der Waals surface area contributed by atoms with Crippen molar-refractivity contribution >= 4 is 29.0 Å². The lowest BCUT2D eigenvalue weighted by molar-refractivity contribution is 1.04. The molecule has 1 aliphatic heterocycles. The summed E-state index contributed by atoms with van der Waals surface area (Å²) in [7, 11) is 0. The van der Waals surface area contributed by atoms with Crippen LogP contribution in [0.5, 0.6) is 0 Å². The van der Waals surface area contributed by atoms with E-state index < -0.39 is 0 Å². The molecule has 2 aromatic rings. The molecule has 82 valence electrons. The third-order valence-electron chi connectivity index (χ3n) is 2.76. The summed E-state index contributed by atoms with van der Waals surface area (Å²) in [6.07, 6.45) is 0.962. The van der Waals surface area contributed by atoms with Gasteiger partial charge in [0.2, 0.25) is 0 Å². The maximum absolute atomic E-state index is 6.19. The molecule has 3 nitrogen and oxygen atoms in total. The fraction of sp³-hybridized carbons (Fsp3) is 0.182. The lowest BCUT2D eigenvalue weighted by Gasteiger charge is -2.04. The van der Waals surface area contributed by atoms with Gasteiger partial charge in [0.05, 0.1) is 15.7 Å². The van der Waals surface area contributed by atoms with Crippen molar-refractivity contribution in [2.24, 2.45) is 0 Å². The van der Waals surface area contributed by atoms with Crippen LogP contribution in [-0.4, -0.2) is 16.7 Å². The fourth-order valence-electron chi connectivity index (χ4n) is 1.98. The molecular formula is C11H9Cl2N3. The zero-order valence-corrected chi connectivity index (χ0v) is 9.86. The molecule has 3 rings (SSSR count). The fourth-order valence-corrected chi connectivity index (χ4v) is 2.38. The molecule has 0 fully saturated rings. The number of halogens is 2. The molecule has 1 aromatic heterocycles. The van der Waals surface area contributed by atoms with E-state index in [4.69, 9.17) is 23.2 Å². The quantitative estimate of drug-likeness (QED) is 0.819. The maximum atomic E-state index is 6.19. The van der Waals surface area contributed by atoms with Gasteiger partial charge in [-0.15, -0.1) is 0 Å². The lowest BCUT2D eigenvalue weighted by atomic mass is 10.1. The summed E-state index contributed by atoms with van der Waals surface area (Å²) in [6.45, 7) is 0.928. The normalized spacial score (nSPS) is 13.6. The summed E-state index contributed by atoms with van der Waals surface area (Å²) in [4.78, 5) is 0. The molecule has 1 aliphatic rings. The number of aromatic nitrogens is 2. The molecule has 0 bridgehead atoms. The van der Waals surface area contributed by atoms with E-state index in [-0.39, 0.29) is 0 Å². The van der Waals surface area contributed by atoms with Crippen LogP contribution < -0.4 is 5.32 Å². The number of fused-ring (bicyclic) bond motifs is 1. The van der Waals surface area contributed by atoms with Gasteiger partial charge in [-0.3, -0.25) is 5.10 Å². The van der Waals surface area contributed by atoms with E-state index in [0.29, 0.717) is 10.0 Å². The molecule has 1 aromatic carbocycles. The third kappa shape index (κ3) is 1.39. The Morgan fingerprint density at radius 2 is 2.12 bits per heavy atom. The number of rotatable bonds is 1. The Morgan fingerprint density at radius 3 is 3.00 bits per heavy atom. The van der Waals surface area contributed by atoms with Crippen molar-refractivity contribution in [3.05, 3.63) is 33.8 Å². The van der Waals surface area contributed by atoms with Gasteiger partial charge in [0.1, 0.15) is 0 Å². The van der Waals surface area contributed by atoms with E-state index in [1.165, 1.54) is 5.56 Å². The van der Waals surface area contributed by atoms with E-state index in [1.807, 2.05) is 12.1 Å². The lowest BCUT2D eigenvalue weighted by Crippen LogP contribution is -1.94. The van der Waals surface area contributed by atoms with E-state index >= 15 is 0 Å². The van der Waals surface area contributed by atoms with Crippen molar-refractivity contribution in [2.75, 3.05) is 11.9 Å². The molecule has 0 spiro atoms. The number of aromatic amines is 1. The Labute approximate surface area is 103 Å². The van der Waals surface area contributed by atoms with Crippen molar-refractivity contribution in [2.45, 2.75) is 6.42 Å². The van der Waals surface area contributed by atoms with E-state index in [1.54, 1.807) is 6.07 Å². The summed E-state index contributed by atoms with van der Waals surface area (Å²) >= 11 is 12.2. The molecule has 0 saturated carbocycles. The van der Waals surface area contributed by atoms with Gasteiger partial charge < -0.3 is 5.32 Å². The third-order valence-corrected chi connectivity index (χ3v) is 3.57. The average Bonchev–Trinajstić information content (AvgIpc) is 2.84. The van der Waals surface area contributed by atoms with Crippen LogP contribution in [0.25, 0.3) is 11.3 Å². The van der Waals surface area contributed by atoms with Crippen molar-refractivity contribution in [1.82, 2.24) is 10.2 Å². The van der Waals surface area contributed by atoms with Gasteiger partial charge in [-0.25, -0.2) is 0 Å². The van der Waals surface area contributed by atoms with Crippen LogP contribution in [0, 0.1) is 0 Å². The Bertz CT molecular complexity index is 548. The van der Waals surface area contributed by atoms with E-state index in [2.05, 4.69) is 15.5 Å². The number of hydrogen-bond acceptors (Lipinski definition) is 2. The van der Waals surface area contributed by atoms with Crippen molar-refractivity contribution < 1.29 is 0 Å². The monoisotopic (exact) mass is 253 g/mol. The predicted octanol–water partition coefficient (Wildman–Crippen LogP) is 3.35. The summed E-state index contributed by atoms with van der Waals surface area (Å²) in [5.74, 6) is 0.922. The van der Waals surface area contributed by atoms with Gasteiger partial charge in [0.15, 0.2) is 5.82 Å². The van der Waals surface area contributed by atoms with Crippen LogP contribution in [0.15, 0.2) is 18.2 Å². The molecule has 0 atom stereocenters. The largest absolute Gasteiger partial charge is 0.368 e. The topological polar surface area (TPSA) is 40.7 Å². The second kappa shape index (κ2) is 3.68. The zero-order valence-electron chi connectivity index (χ0n) is 8.35. The van der Waals surface area contributed by atoms with Crippen molar-refractivity contribution in [3.63, 3.8) is 0 Å². The van der Waals surface area contributed by atoms with Crippen LogP contribution in [0.1, 0.15) is 5.56 Å². The number of H-pyrrole nitrogens is 1. The van der Waals surface area contributed by atoms with Crippen LogP contribution in [0.3, 0.4) is 0 Å². The van der Waals surface area contributed by atoms with Crippen molar-refractivity contribution in [1.29, 1.82) is 0 Å². The molecule has 0 aliphatic carbocycles. The standard InChI is InChI=1S/C11H9Cl2N3/c12-8-3-1-2-6(9(8)13)10-7-4-5-14-11(7)16-15-10/h1-3H,4-5H2,(H2,14,15,16). The van der Waals surface area contributed by atoms with Gasteiger partial charge in [0, 0.05) is 17.7 Å². The molecule has 0 saturated heterocycles. The first-order valence-electron chi connectivity index (χ1n) is 5.03. The van der Waals surface area contributed by atoms with Crippen LogP contribution >= 0.6 is 23.2 Å². The van der Waals surface area contributed by atoms with Gasteiger partial charge in [-0.05, 0) is 12.5 Å². The Kier molecular flexibility index (Phi) is 2.30. The molecular weight excluding hydrogens is 245 g/mol. The van der Waals surface area contributed by atoms with E-state index in [9.17, 15) is 0 Å². The van der Waals surface area contributed by atoms with Crippen LogP contribution in [-0.2, 0) is 6.42 Å². The molecule has 0 radical (unpaired) electrons. The first-order chi connectivity index (χ1) is 7.77. The smallest absolute Gasteiger partial charge is 0.151 e. The van der Waals surface area contributed by atoms with Gasteiger partial charge >= 0.3 is 0 Å². The summed E-state index contributed by atoms with van der Waals surface area (Å²) < 4.78 is 0. The van der Waals surface area contributed by atoms with Crippen LogP contribution in [0.2, 0.25) is 10.0 Å². The predicted molar refractivity (Wildman–Crippen MR) is 66.2 cm³/mol. The number of benzene rings is 1. The van der Waals surface area contributed by atoms with Crippen LogP contribution in [0.4, 0.5) is 5.82 Å². The minimum atomic E-state index is 0.563. The molecule has 16 heavy (non-hydrogen) atoms. The molecule has 0 unspecified atom stereocenters. The highest BCUT2D eigenvalue weighted by molar-refractivity contribution is 6.43. The first-order valence-corrected chi connectivity index (χ1v) is 5.78. The maximum Gasteiger partial charge on any atom is 0.151 e. The molecule has 2 N–H and O–H groups in total. The first kappa shape index (κ1) is 10.00. The van der Waals surface area contributed by atoms with Gasteiger partial charge in [-0.2, -0.15) is 5.10 Å². The molecule has 5 heteroatoms. The second-order valence-electron chi connectivity index (χ2n) is 3.70. The van der Waals surface area contributed by atoms with E-state index in [0.717, 1.165) is 30.0 Å². The highest BCUT2D eigenvalue weighted by Gasteiger charge is 2.20. The van der Waals surface area contributed by atoms with Gasteiger partial charge in [0.25, 0.3) is 0 Å². The summed E-state index contributed by atoms with van der Waals surface area (Å²) in [5.41, 5.74) is 3.06. The average molecular weight is 254 g/mol. The highest BCUT2D eigenvalue weighted by Crippen LogP contribution is 2.37. The minimum absolute atomic E-state index is 0.563. The Hall–Kier alpha value is -1.19. The number of anilines is 1. The summed E-state index contributed by atoms with van der Waals surface area (Å²) in [5, 5.41) is 11.6. The zero-order chi connectivity index (χ0) is 11.1. The number of nitrogens with zero attached hydrogens (tertiary/aromatic N) is 1. The molecule has 2 heterocycles. The Morgan fingerprint density at radius 1 is 1.25 bits per heavy atom. The second-order valence-corrected chi connectivity index (χ2v) is 4.49. The van der Waals surface area contributed by atoms with Gasteiger partial charge in [-0.1, -0.05) is 35.3 Å². The highest BCUT2D eigenvalue weighted by atomic mass is 35.5. The Balaban J connectivity index is 2.19. The summed E-state index contributed by atoms with van der Waals surface area (Å²) in [6, 6.07) is 5.61.